The van der Waals surface area contributed by atoms with Gasteiger partial charge in [-0.1, -0.05) is 20.8 Å². The second kappa shape index (κ2) is 6.68. The number of aromatic nitrogens is 3. The van der Waals surface area contributed by atoms with Gasteiger partial charge in [0.2, 0.25) is 0 Å². The largest absolute Gasteiger partial charge is 0.311 e. The number of nitrogens with one attached hydrogen (secondary N) is 1. The van der Waals surface area contributed by atoms with E-state index in [1.165, 1.54) is 6.42 Å². The lowest BCUT2D eigenvalue weighted by atomic mass is 9.97. The van der Waals surface area contributed by atoms with Gasteiger partial charge in [0, 0.05) is 31.2 Å². The van der Waals surface area contributed by atoms with E-state index in [4.69, 9.17) is 0 Å². The summed E-state index contributed by atoms with van der Waals surface area (Å²) < 4.78 is 2.04. The molecule has 2 unspecified atom stereocenters. The molecule has 114 valence electrons. The van der Waals surface area contributed by atoms with Gasteiger partial charge in [0.25, 0.3) is 0 Å². The number of hydrogen-bond acceptors (Lipinski definition) is 4. The Kier molecular flexibility index (Phi) is 5.16. The Morgan fingerprint density at radius 2 is 2.10 bits per heavy atom. The van der Waals surface area contributed by atoms with Gasteiger partial charge in [0.15, 0.2) is 0 Å². The molecule has 2 atom stereocenters. The van der Waals surface area contributed by atoms with Crippen LogP contribution in [-0.2, 0) is 6.54 Å². The highest BCUT2D eigenvalue weighted by Crippen LogP contribution is 2.19. The van der Waals surface area contributed by atoms with Crippen LogP contribution in [0.2, 0.25) is 0 Å². The van der Waals surface area contributed by atoms with Gasteiger partial charge in [-0.15, -0.1) is 0 Å². The lowest BCUT2D eigenvalue weighted by Crippen LogP contribution is -2.57. The molecular formula is C15H29N5. The molecule has 0 radical (unpaired) electrons. The van der Waals surface area contributed by atoms with Crippen molar-refractivity contribution in [3.63, 3.8) is 0 Å². The van der Waals surface area contributed by atoms with Gasteiger partial charge in [0.1, 0.15) is 12.2 Å². The van der Waals surface area contributed by atoms with Crippen LogP contribution >= 0.6 is 0 Å². The molecule has 5 nitrogen and oxygen atoms in total. The maximum Gasteiger partial charge on any atom is 0.141 e. The van der Waals surface area contributed by atoms with Crippen LogP contribution in [0.5, 0.6) is 0 Å². The molecule has 0 aromatic carbocycles. The van der Waals surface area contributed by atoms with E-state index in [0.29, 0.717) is 24.0 Å². The minimum atomic E-state index is 0.370. The van der Waals surface area contributed by atoms with Crippen LogP contribution in [0.25, 0.3) is 0 Å². The molecule has 0 saturated carbocycles. The van der Waals surface area contributed by atoms with Crippen molar-refractivity contribution in [3.8, 4) is 0 Å². The molecule has 1 aromatic heterocycles. The molecule has 20 heavy (non-hydrogen) atoms. The number of nitrogens with zero attached hydrogens (tertiary/aromatic N) is 4. The maximum atomic E-state index is 4.47. The molecule has 1 aromatic rings. The Labute approximate surface area is 122 Å². The van der Waals surface area contributed by atoms with Gasteiger partial charge >= 0.3 is 0 Å². The molecule has 0 bridgehead atoms. The summed E-state index contributed by atoms with van der Waals surface area (Å²) in [4.78, 5) is 7.05. The highest BCUT2D eigenvalue weighted by molar-refractivity contribution is 4.93. The zero-order valence-corrected chi connectivity index (χ0v) is 13.5. The third-order valence-corrected chi connectivity index (χ3v) is 4.28. The molecule has 1 N–H and O–H groups in total. The normalized spacial score (nSPS) is 24.8. The van der Waals surface area contributed by atoms with Crippen LogP contribution in [0, 0.1) is 5.92 Å². The van der Waals surface area contributed by atoms with E-state index in [0.717, 1.165) is 25.5 Å². The fraction of sp³-hybridized carbons (Fsp3) is 0.867. The van der Waals surface area contributed by atoms with Crippen LogP contribution in [0.4, 0.5) is 0 Å². The maximum absolute atomic E-state index is 4.47. The molecule has 2 rings (SSSR count). The summed E-state index contributed by atoms with van der Waals surface area (Å²) in [6, 6.07) is 1.55. The molecule has 1 aliphatic rings. The van der Waals surface area contributed by atoms with Crippen LogP contribution < -0.4 is 5.32 Å². The number of hydrogen-bond donors (Lipinski definition) is 1. The predicted molar refractivity (Wildman–Crippen MR) is 81.5 cm³/mol. The van der Waals surface area contributed by atoms with Crippen molar-refractivity contribution in [2.75, 3.05) is 13.1 Å². The quantitative estimate of drug-likeness (QED) is 0.896. The summed E-state index contributed by atoms with van der Waals surface area (Å²) in [5.41, 5.74) is 0. The molecule has 0 spiro atoms. The second-order valence-electron chi connectivity index (χ2n) is 6.47. The van der Waals surface area contributed by atoms with Crippen molar-refractivity contribution in [3.05, 3.63) is 12.2 Å². The summed E-state index contributed by atoms with van der Waals surface area (Å²) in [5.74, 6) is 1.73. The highest BCUT2D eigenvalue weighted by atomic mass is 15.4. The first kappa shape index (κ1) is 15.4. The summed E-state index contributed by atoms with van der Waals surface area (Å²) in [5, 5.41) is 8.02. The molecule has 0 amide bonds. The van der Waals surface area contributed by atoms with Crippen molar-refractivity contribution in [1.29, 1.82) is 0 Å². The minimum absolute atomic E-state index is 0.370. The van der Waals surface area contributed by atoms with Crippen LogP contribution in [-0.4, -0.2) is 44.8 Å². The zero-order valence-electron chi connectivity index (χ0n) is 13.5. The van der Waals surface area contributed by atoms with E-state index < -0.39 is 0 Å². The third-order valence-electron chi connectivity index (χ3n) is 4.28. The molecule has 1 saturated heterocycles. The predicted octanol–water partition coefficient (Wildman–Crippen LogP) is 2.07. The lowest BCUT2D eigenvalue weighted by Gasteiger charge is -2.42. The van der Waals surface area contributed by atoms with Crippen molar-refractivity contribution >= 4 is 0 Å². The standard InChI is InChI=1S/C15H29N5/c1-6-13-8-19(14(7-16-13)11(2)3)9-15-17-10-18-20(15)12(4)5/h10-14,16H,6-9H2,1-5H3. The summed E-state index contributed by atoms with van der Waals surface area (Å²) in [6.45, 7) is 14.3. The first-order valence-electron chi connectivity index (χ1n) is 7.88. The Bertz CT molecular complexity index is 412. The van der Waals surface area contributed by atoms with Crippen molar-refractivity contribution in [1.82, 2.24) is 25.0 Å². The molecular weight excluding hydrogens is 250 g/mol. The molecule has 5 heteroatoms. The van der Waals surface area contributed by atoms with Gasteiger partial charge < -0.3 is 5.32 Å². The summed E-state index contributed by atoms with van der Waals surface area (Å²) >= 11 is 0. The number of piperazine rings is 1. The van der Waals surface area contributed by atoms with Gasteiger partial charge in [-0.3, -0.25) is 4.90 Å². The van der Waals surface area contributed by atoms with E-state index in [1.54, 1.807) is 6.33 Å². The smallest absolute Gasteiger partial charge is 0.141 e. The van der Waals surface area contributed by atoms with E-state index in [9.17, 15) is 0 Å². The van der Waals surface area contributed by atoms with E-state index >= 15 is 0 Å². The SMILES string of the molecule is CCC1CN(Cc2ncnn2C(C)C)C(C(C)C)CN1. The van der Waals surface area contributed by atoms with Gasteiger partial charge in [-0.25, -0.2) is 9.67 Å². The lowest BCUT2D eigenvalue weighted by molar-refractivity contribution is 0.0855. The van der Waals surface area contributed by atoms with Crippen LogP contribution in [0.3, 0.4) is 0 Å². The monoisotopic (exact) mass is 279 g/mol. The first-order valence-corrected chi connectivity index (χ1v) is 7.88. The fourth-order valence-corrected chi connectivity index (χ4v) is 3.01. The van der Waals surface area contributed by atoms with Crippen LogP contribution in [0.15, 0.2) is 6.33 Å². The first-order chi connectivity index (χ1) is 9.52. The number of rotatable bonds is 5. The van der Waals surface area contributed by atoms with Crippen molar-refractivity contribution < 1.29 is 0 Å². The third kappa shape index (κ3) is 3.38. The Balaban J connectivity index is 2.12. The van der Waals surface area contributed by atoms with Gasteiger partial charge in [0.05, 0.1) is 6.54 Å². The van der Waals surface area contributed by atoms with Gasteiger partial charge in [-0.05, 0) is 26.2 Å². The molecule has 2 heterocycles. The van der Waals surface area contributed by atoms with E-state index in [2.05, 4.69) is 54.9 Å². The minimum Gasteiger partial charge on any atom is -0.311 e. The average molecular weight is 279 g/mol. The fourth-order valence-electron chi connectivity index (χ4n) is 3.01. The van der Waals surface area contributed by atoms with Gasteiger partial charge in [-0.2, -0.15) is 5.10 Å². The average Bonchev–Trinajstić information content (AvgIpc) is 2.86. The highest BCUT2D eigenvalue weighted by Gasteiger charge is 2.30. The van der Waals surface area contributed by atoms with Crippen molar-refractivity contribution in [2.24, 2.45) is 5.92 Å². The Morgan fingerprint density at radius 1 is 1.35 bits per heavy atom. The summed E-state index contributed by atoms with van der Waals surface area (Å²) in [6.07, 6.45) is 2.86. The molecule has 0 aliphatic carbocycles. The van der Waals surface area contributed by atoms with Crippen LogP contribution in [0.1, 0.15) is 52.9 Å². The Hall–Kier alpha value is -0.940. The van der Waals surface area contributed by atoms with Crippen molar-refractivity contribution in [2.45, 2.75) is 65.7 Å². The molecule has 1 aliphatic heterocycles. The van der Waals surface area contributed by atoms with E-state index in [1.807, 2.05) is 4.68 Å². The second-order valence-corrected chi connectivity index (χ2v) is 6.47. The Morgan fingerprint density at radius 3 is 2.70 bits per heavy atom. The topological polar surface area (TPSA) is 46.0 Å². The van der Waals surface area contributed by atoms with E-state index in [-0.39, 0.29) is 0 Å². The molecule has 1 fully saturated rings. The summed E-state index contributed by atoms with van der Waals surface area (Å²) in [7, 11) is 0. The zero-order chi connectivity index (χ0) is 14.7.